The topological polar surface area (TPSA) is 77.2 Å². The summed E-state index contributed by atoms with van der Waals surface area (Å²) in [6.45, 7) is -0.300. The summed E-state index contributed by atoms with van der Waals surface area (Å²) < 4.78 is 34.1. The molecule has 0 aliphatic heterocycles. The summed E-state index contributed by atoms with van der Waals surface area (Å²) in [5, 5.41) is 16.7. The van der Waals surface area contributed by atoms with E-state index in [0.717, 1.165) is 16.8 Å². The zero-order valence-corrected chi connectivity index (χ0v) is 13.1. The van der Waals surface area contributed by atoms with Crippen molar-refractivity contribution in [1.29, 1.82) is 0 Å². The van der Waals surface area contributed by atoms with E-state index < -0.39 is 17.6 Å². The van der Waals surface area contributed by atoms with Crippen molar-refractivity contribution in [3.8, 4) is 17.0 Å². The molecular weight excluding hydrogens is 332 g/mol. The highest BCUT2D eigenvalue weighted by Gasteiger charge is 2.22. The zero-order valence-electron chi connectivity index (χ0n) is 13.1. The minimum absolute atomic E-state index is 0.133. The number of carboxylic acid groups (broad SMARTS) is 1. The van der Waals surface area contributed by atoms with Gasteiger partial charge in [-0.05, 0) is 24.3 Å². The first kappa shape index (κ1) is 16.6. The molecule has 2 aromatic carbocycles. The highest BCUT2D eigenvalue weighted by atomic mass is 19.1. The Morgan fingerprint density at radius 2 is 1.88 bits per heavy atom. The lowest BCUT2D eigenvalue weighted by Crippen LogP contribution is -2.09. The summed E-state index contributed by atoms with van der Waals surface area (Å²) in [6.07, 6.45) is 0. The Bertz CT molecular complexity index is 920. The number of ether oxygens (including phenoxy) is 1. The van der Waals surface area contributed by atoms with E-state index in [2.05, 4.69) is 10.3 Å². The van der Waals surface area contributed by atoms with Gasteiger partial charge in [0.25, 0.3) is 0 Å². The number of rotatable bonds is 5. The minimum Gasteiger partial charge on any atom is -0.497 e. The largest absolute Gasteiger partial charge is 0.497 e. The maximum atomic E-state index is 13.9. The Morgan fingerprint density at radius 3 is 2.52 bits per heavy atom. The van der Waals surface area contributed by atoms with Crippen LogP contribution in [0, 0.1) is 11.6 Å². The summed E-state index contributed by atoms with van der Waals surface area (Å²) in [4.78, 5) is 11.5. The molecule has 0 atom stereocenters. The van der Waals surface area contributed by atoms with Gasteiger partial charge in [0.1, 0.15) is 23.1 Å². The third-order valence-electron chi connectivity index (χ3n) is 3.65. The molecule has 0 aliphatic rings. The van der Waals surface area contributed by atoms with Gasteiger partial charge in [0.15, 0.2) is 5.69 Å². The van der Waals surface area contributed by atoms with Crippen LogP contribution in [0.1, 0.15) is 16.1 Å². The first-order valence-electron chi connectivity index (χ1n) is 7.25. The number of carbonyl (C=O) groups is 1. The predicted octanol–water partition coefficient (Wildman–Crippen LogP) is 2.98. The quantitative estimate of drug-likeness (QED) is 0.769. The van der Waals surface area contributed by atoms with Crippen LogP contribution in [-0.4, -0.2) is 33.2 Å². The van der Waals surface area contributed by atoms with E-state index in [1.165, 1.54) is 13.2 Å². The van der Waals surface area contributed by atoms with Gasteiger partial charge < -0.3 is 9.84 Å². The second-order valence-corrected chi connectivity index (χ2v) is 5.18. The molecule has 1 aromatic heterocycles. The fourth-order valence-electron chi connectivity index (χ4n) is 2.46. The third kappa shape index (κ3) is 3.18. The van der Waals surface area contributed by atoms with E-state index in [1.54, 1.807) is 24.3 Å². The number of carboxylic acids is 1. The van der Waals surface area contributed by atoms with Crippen molar-refractivity contribution in [2.24, 2.45) is 0 Å². The summed E-state index contributed by atoms with van der Waals surface area (Å²) in [6, 6.07) is 10.1. The molecule has 1 heterocycles. The molecule has 25 heavy (non-hydrogen) atoms. The van der Waals surface area contributed by atoms with E-state index in [0.29, 0.717) is 11.3 Å². The van der Waals surface area contributed by atoms with Crippen LogP contribution in [0.15, 0.2) is 42.5 Å². The second kappa shape index (κ2) is 6.68. The van der Waals surface area contributed by atoms with Crippen LogP contribution in [0.4, 0.5) is 8.78 Å². The predicted molar refractivity (Wildman–Crippen MR) is 84.4 cm³/mol. The van der Waals surface area contributed by atoms with Gasteiger partial charge in [-0.25, -0.2) is 18.3 Å². The number of hydrogen-bond acceptors (Lipinski definition) is 4. The van der Waals surface area contributed by atoms with Gasteiger partial charge in [-0.1, -0.05) is 23.4 Å². The Balaban J connectivity index is 2.13. The third-order valence-corrected chi connectivity index (χ3v) is 3.65. The lowest BCUT2D eigenvalue weighted by Gasteiger charge is -2.10. The van der Waals surface area contributed by atoms with Crippen LogP contribution in [0.25, 0.3) is 11.3 Å². The van der Waals surface area contributed by atoms with Gasteiger partial charge in [-0.15, -0.1) is 5.10 Å². The minimum atomic E-state index is -1.29. The van der Waals surface area contributed by atoms with Crippen molar-refractivity contribution >= 4 is 5.97 Å². The van der Waals surface area contributed by atoms with Gasteiger partial charge in [0.05, 0.1) is 13.7 Å². The Kier molecular flexibility index (Phi) is 4.42. The van der Waals surface area contributed by atoms with Gasteiger partial charge in [-0.3, -0.25) is 0 Å². The molecule has 0 aliphatic carbocycles. The maximum Gasteiger partial charge on any atom is 0.358 e. The molecule has 0 amide bonds. The van der Waals surface area contributed by atoms with Crippen LogP contribution < -0.4 is 4.74 Å². The Morgan fingerprint density at radius 1 is 1.20 bits per heavy atom. The van der Waals surface area contributed by atoms with Crippen molar-refractivity contribution in [3.63, 3.8) is 0 Å². The standard InChI is InChI=1S/C17H13F2N3O3/c1-25-11-5-2-4-10(8-11)16-15(17(23)24)20-21-22(16)9-12-13(18)6-3-7-14(12)19/h2-8H,9H2,1H3,(H,23,24). The van der Waals surface area contributed by atoms with Crippen LogP contribution in [-0.2, 0) is 6.54 Å². The fourth-order valence-corrected chi connectivity index (χ4v) is 2.46. The number of aromatic carboxylic acids is 1. The Labute approximate surface area is 141 Å². The summed E-state index contributed by atoms with van der Waals surface area (Å²) in [5.74, 6) is -2.29. The monoisotopic (exact) mass is 345 g/mol. The van der Waals surface area contributed by atoms with E-state index in [1.807, 2.05) is 0 Å². The average molecular weight is 345 g/mol. The van der Waals surface area contributed by atoms with Crippen molar-refractivity contribution in [2.45, 2.75) is 6.54 Å². The smallest absolute Gasteiger partial charge is 0.358 e. The number of benzene rings is 2. The Hall–Kier alpha value is -3.29. The van der Waals surface area contributed by atoms with Crippen LogP contribution >= 0.6 is 0 Å². The van der Waals surface area contributed by atoms with Crippen LogP contribution in [0.2, 0.25) is 0 Å². The summed E-state index contributed by atoms with van der Waals surface area (Å²) in [7, 11) is 1.47. The molecule has 0 spiro atoms. The van der Waals surface area contributed by atoms with Crippen LogP contribution in [0.5, 0.6) is 5.75 Å². The van der Waals surface area contributed by atoms with Gasteiger partial charge in [0.2, 0.25) is 0 Å². The molecule has 0 unspecified atom stereocenters. The molecule has 3 aromatic rings. The van der Waals surface area contributed by atoms with Crippen molar-refractivity contribution < 1.29 is 23.4 Å². The lowest BCUT2D eigenvalue weighted by atomic mass is 10.1. The first-order chi connectivity index (χ1) is 12.0. The zero-order chi connectivity index (χ0) is 18.0. The summed E-state index contributed by atoms with van der Waals surface area (Å²) in [5.41, 5.74) is 0.0473. The molecule has 0 radical (unpaired) electrons. The van der Waals surface area contributed by atoms with Crippen molar-refractivity contribution in [3.05, 3.63) is 65.4 Å². The van der Waals surface area contributed by atoms with Crippen LogP contribution in [0.3, 0.4) is 0 Å². The number of hydrogen-bond donors (Lipinski definition) is 1. The molecule has 0 fully saturated rings. The molecule has 3 rings (SSSR count). The van der Waals surface area contributed by atoms with Gasteiger partial charge >= 0.3 is 5.97 Å². The van der Waals surface area contributed by atoms with E-state index >= 15 is 0 Å². The molecule has 1 N–H and O–H groups in total. The SMILES string of the molecule is COc1cccc(-c2c(C(=O)O)nnn2Cc2c(F)cccc2F)c1. The number of nitrogens with zero attached hydrogens (tertiary/aromatic N) is 3. The molecule has 0 saturated carbocycles. The number of halogens is 2. The first-order valence-corrected chi connectivity index (χ1v) is 7.25. The average Bonchev–Trinajstić information content (AvgIpc) is 3.02. The normalized spacial score (nSPS) is 10.7. The number of methoxy groups -OCH3 is 1. The maximum absolute atomic E-state index is 13.9. The number of aromatic nitrogens is 3. The molecule has 0 bridgehead atoms. The van der Waals surface area contributed by atoms with E-state index in [-0.39, 0.29) is 23.5 Å². The molecule has 128 valence electrons. The summed E-state index contributed by atoms with van der Waals surface area (Å²) >= 11 is 0. The van der Waals surface area contributed by atoms with E-state index in [9.17, 15) is 18.7 Å². The molecule has 0 saturated heterocycles. The fraction of sp³-hybridized carbons (Fsp3) is 0.118. The van der Waals surface area contributed by atoms with Gasteiger partial charge in [-0.2, -0.15) is 0 Å². The van der Waals surface area contributed by atoms with Crippen molar-refractivity contribution in [2.75, 3.05) is 7.11 Å². The molecular formula is C17H13F2N3O3. The second-order valence-electron chi connectivity index (χ2n) is 5.18. The molecule has 8 heteroatoms. The highest BCUT2D eigenvalue weighted by molar-refractivity contribution is 5.92. The van der Waals surface area contributed by atoms with Gasteiger partial charge in [0, 0.05) is 11.1 Å². The molecule has 6 nitrogen and oxygen atoms in total. The lowest BCUT2D eigenvalue weighted by molar-refractivity contribution is 0.0691. The van der Waals surface area contributed by atoms with Crippen molar-refractivity contribution in [1.82, 2.24) is 15.0 Å². The highest BCUT2D eigenvalue weighted by Crippen LogP contribution is 2.27. The van der Waals surface area contributed by atoms with E-state index in [4.69, 9.17) is 4.74 Å².